The molecule has 1 atom stereocenters. The molecule has 1 aromatic carbocycles. The van der Waals surface area contributed by atoms with E-state index in [9.17, 15) is 5.11 Å². The SMILES string of the molecule is CCCCc1ccc(C(O)C(C)(C)C)cc1. The summed E-state index contributed by atoms with van der Waals surface area (Å²) in [7, 11) is 0. The van der Waals surface area contributed by atoms with Gasteiger partial charge in [0.15, 0.2) is 0 Å². The Hall–Kier alpha value is -0.820. The van der Waals surface area contributed by atoms with E-state index in [1.165, 1.54) is 18.4 Å². The molecule has 1 unspecified atom stereocenters. The zero-order chi connectivity index (χ0) is 12.2. The second-order valence-electron chi connectivity index (χ2n) is 5.61. The first-order valence-corrected chi connectivity index (χ1v) is 6.22. The van der Waals surface area contributed by atoms with E-state index < -0.39 is 0 Å². The van der Waals surface area contributed by atoms with Crippen molar-refractivity contribution < 1.29 is 5.11 Å². The number of unbranched alkanes of at least 4 members (excludes halogenated alkanes) is 1. The molecule has 90 valence electrons. The molecule has 0 fully saturated rings. The number of aryl methyl sites for hydroxylation is 1. The number of hydrogen-bond donors (Lipinski definition) is 1. The van der Waals surface area contributed by atoms with E-state index in [4.69, 9.17) is 0 Å². The summed E-state index contributed by atoms with van der Waals surface area (Å²) >= 11 is 0. The van der Waals surface area contributed by atoms with Gasteiger partial charge >= 0.3 is 0 Å². The Morgan fingerprint density at radius 3 is 2.12 bits per heavy atom. The molecule has 0 radical (unpaired) electrons. The highest BCUT2D eigenvalue weighted by molar-refractivity contribution is 5.25. The van der Waals surface area contributed by atoms with Gasteiger partial charge in [0, 0.05) is 0 Å². The second kappa shape index (κ2) is 5.49. The van der Waals surface area contributed by atoms with Gasteiger partial charge in [-0.3, -0.25) is 0 Å². The van der Waals surface area contributed by atoms with Crippen molar-refractivity contribution in [2.45, 2.75) is 53.1 Å². The second-order valence-corrected chi connectivity index (χ2v) is 5.61. The van der Waals surface area contributed by atoms with E-state index in [2.05, 4.69) is 52.0 Å². The Morgan fingerprint density at radius 1 is 1.12 bits per heavy atom. The van der Waals surface area contributed by atoms with Gasteiger partial charge in [-0.2, -0.15) is 0 Å². The molecular weight excluding hydrogens is 196 g/mol. The van der Waals surface area contributed by atoms with Gasteiger partial charge < -0.3 is 5.11 Å². The molecule has 0 aliphatic heterocycles. The van der Waals surface area contributed by atoms with E-state index >= 15 is 0 Å². The molecular formula is C15H24O. The summed E-state index contributed by atoms with van der Waals surface area (Å²) in [6.07, 6.45) is 3.23. The van der Waals surface area contributed by atoms with Crippen molar-refractivity contribution in [1.29, 1.82) is 0 Å². The molecule has 0 spiro atoms. The molecule has 0 saturated heterocycles. The third-order valence-electron chi connectivity index (χ3n) is 2.93. The van der Waals surface area contributed by atoms with Gasteiger partial charge in [-0.15, -0.1) is 0 Å². The lowest BCUT2D eigenvalue weighted by Crippen LogP contribution is -2.17. The van der Waals surface area contributed by atoms with Crippen LogP contribution in [0.25, 0.3) is 0 Å². The molecule has 1 aromatic rings. The molecule has 0 amide bonds. The summed E-state index contributed by atoms with van der Waals surface area (Å²) in [6, 6.07) is 8.39. The highest BCUT2D eigenvalue weighted by Gasteiger charge is 2.23. The quantitative estimate of drug-likeness (QED) is 0.809. The van der Waals surface area contributed by atoms with Gasteiger partial charge in [0.1, 0.15) is 0 Å². The minimum Gasteiger partial charge on any atom is -0.388 e. The molecule has 1 heteroatoms. The van der Waals surface area contributed by atoms with Gasteiger partial charge in [-0.25, -0.2) is 0 Å². The van der Waals surface area contributed by atoms with Crippen LogP contribution < -0.4 is 0 Å². The van der Waals surface area contributed by atoms with Crippen molar-refractivity contribution in [3.05, 3.63) is 35.4 Å². The van der Waals surface area contributed by atoms with Crippen molar-refractivity contribution in [2.75, 3.05) is 0 Å². The zero-order valence-corrected chi connectivity index (χ0v) is 11.0. The summed E-state index contributed by atoms with van der Waals surface area (Å²) in [4.78, 5) is 0. The monoisotopic (exact) mass is 220 g/mol. The van der Waals surface area contributed by atoms with E-state index in [0.717, 1.165) is 12.0 Å². The fourth-order valence-corrected chi connectivity index (χ4v) is 1.75. The third-order valence-corrected chi connectivity index (χ3v) is 2.93. The molecule has 0 saturated carbocycles. The van der Waals surface area contributed by atoms with Crippen LogP contribution >= 0.6 is 0 Å². The van der Waals surface area contributed by atoms with Crippen molar-refractivity contribution in [2.24, 2.45) is 5.41 Å². The van der Waals surface area contributed by atoms with E-state index in [-0.39, 0.29) is 11.5 Å². The average molecular weight is 220 g/mol. The van der Waals surface area contributed by atoms with Crippen molar-refractivity contribution in [1.82, 2.24) is 0 Å². The predicted molar refractivity (Wildman–Crippen MR) is 69.5 cm³/mol. The van der Waals surface area contributed by atoms with Crippen molar-refractivity contribution in [3.8, 4) is 0 Å². The summed E-state index contributed by atoms with van der Waals surface area (Å²) in [5, 5.41) is 10.1. The number of benzene rings is 1. The van der Waals surface area contributed by atoms with Gasteiger partial charge in [-0.1, -0.05) is 58.4 Å². The predicted octanol–water partition coefficient (Wildman–Crippen LogP) is 4.11. The Balaban J connectivity index is 2.71. The molecule has 0 bridgehead atoms. The maximum atomic E-state index is 10.1. The molecule has 0 aromatic heterocycles. The highest BCUT2D eigenvalue weighted by Crippen LogP contribution is 2.32. The third kappa shape index (κ3) is 3.64. The molecule has 1 nitrogen and oxygen atoms in total. The normalized spacial score (nSPS) is 13.8. The fourth-order valence-electron chi connectivity index (χ4n) is 1.75. The maximum Gasteiger partial charge on any atom is 0.0838 e. The molecule has 0 heterocycles. The molecule has 1 rings (SSSR count). The van der Waals surface area contributed by atoms with E-state index in [0.29, 0.717) is 0 Å². The van der Waals surface area contributed by atoms with Crippen LogP contribution in [0.1, 0.15) is 57.8 Å². The molecule has 0 aliphatic carbocycles. The van der Waals surface area contributed by atoms with Crippen molar-refractivity contribution >= 4 is 0 Å². The standard InChI is InChI=1S/C15H24O/c1-5-6-7-12-8-10-13(11-9-12)14(16)15(2,3)4/h8-11,14,16H,5-7H2,1-4H3. The molecule has 16 heavy (non-hydrogen) atoms. The number of aliphatic hydroxyl groups is 1. The summed E-state index contributed by atoms with van der Waals surface area (Å²) < 4.78 is 0. The molecule has 0 aliphatic rings. The lowest BCUT2D eigenvalue weighted by atomic mass is 9.84. The Kier molecular flexibility index (Phi) is 4.55. The topological polar surface area (TPSA) is 20.2 Å². The lowest BCUT2D eigenvalue weighted by molar-refractivity contribution is 0.0626. The minimum atomic E-state index is -0.382. The van der Waals surface area contributed by atoms with Crippen molar-refractivity contribution in [3.63, 3.8) is 0 Å². The van der Waals surface area contributed by atoms with Gasteiger partial charge in [-0.05, 0) is 29.4 Å². The molecule has 1 N–H and O–H groups in total. The zero-order valence-electron chi connectivity index (χ0n) is 11.0. The van der Waals surface area contributed by atoms with E-state index in [1.807, 2.05) is 0 Å². The van der Waals surface area contributed by atoms with Gasteiger partial charge in [0.2, 0.25) is 0 Å². The van der Waals surface area contributed by atoms with Crippen LogP contribution in [0.2, 0.25) is 0 Å². The lowest BCUT2D eigenvalue weighted by Gasteiger charge is -2.26. The summed E-state index contributed by atoms with van der Waals surface area (Å²) in [5.41, 5.74) is 2.30. The van der Waals surface area contributed by atoms with Crippen LogP contribution in [-0.4, -0.2) is 5.11 Å². The van der Waals surface area contributed by atoms with Crippen LogP contribution in [-0.2, 0) is 6.42 Å². The maximum absolute atomic E-state index is 10.1. The van der Waals surface area contributed by atoms with Crippen LogP contribution in [0.5, 0.6) is 0 Å². The van der Waals surface area contributed by atoms with Crippen LogP contribution in [0.3, 0.4) is 0 Å². The van der Waals surface area contributed by atoms with E-state index in [1.54, 1.807) is 0 Å². The average Bonchev–Trinajstić information content (AvgIpc) is 2.25. The fraction of sp³-hybridized carbons (Fsp3) is 0.600. The Bertz CT molecular complexity index is 305. The Labute approximate surface area is 99.5 Å². The number of rotatable bonds is 4. The summed E-state index contributed by atoms with van der Waals surface area (Å²) in [6.45, 7) is 8.38. The smallest absolute Gasteiger partial charge is 0.0838 e. The first-order chi connectivity index (χ1) is 7.45. The van der Waals surface area contributed by atoms with Crippen LogP contribution in [0.4, 0.5) is 0 Å². The number of hydrogen-bond acceptors (Lipinski definition) is 1. The number of aliphatic hydroxyl groups excluding tert-OH is 1. The first-order valence-electron chi connectivity index (χ1n) is 6.22. The van der Waals surface area contributed by atoms with Crippen LogP contribution in [0, 0.1) is 5.41 Å². The Morgan fingerprint density at radius 2 is 1.69 bits per heavy atom. The largest absolute Gasteiger partial charge is 0.388 e. The summed E-state index contributed by atoms with van der Waals surface area (Å²) in [5.74, 6) is 0. The first kappa shape index (κ1) is 13.2. The van der Waals surface area contributed by atoms with Gasteiger partial charge in [0.05, 0.1) is 6.10 Å². The van der Waals surface area contributed by atoms with Gasteiger partial charge in [0.25, 0.3) is 0 Å². The minimum absolute atomic E-state index is 0.0923. The highest BCUT2D eigenvalue weighted by atomic mass is 16.3. The van der Waals surface area contributed by atoms with Crippen LogP contribution in [0.15, 0.2) is 24.3 Å².